The quantitative estimate of drug-likeness (QED) is 0.529. The molecule has 0 fully saturated rings. The van der Waals surface area contributed by atoms with Gasteiger partial charge in [0.25, 0.3) is 0 Å². The first-order valence-corrected chi connectivity index (χ1v) is 4.87. The first-order valence-electron chi connectivity index (χ1n) is 3.79. The number of hydrogen-bond donors (Lipinski definition) is 0. The van der Waals surface area contributed by atoms with Crippen molar-refractivity contribution >= 4 is 33.4 Å². The normalized spacial score (nSPS) is 10.5. The Balaban J connectivity index is 2.95. The van der Waals surface area contributed by atoms with Gasteiger partial charge in [-0.2, -0.15) is 0 Å². The molecule has 12 heavy (non-hydrogen) atoms. The van der Waals surface area contributed by atoms with Crippen LogP contribution in [-0.2, 0) is 0 Å². The smallest absolute Gasteiger partial charge is 0.109 e. The Hall–Kier alpha value is -0.640. The van der Waals surface area contributed by atoms with Crippen molar-refractivity contribution in [2.24, 2.45) is 0 Å². The summed E-state index contributed by atoms with van der Waals surface area (Å²) in [6.07, 6.45) is 1.92. The first kappa shape index (κ1) is 7.98. The van der Waals surface area contributed by atoms with Gasteiger partial charge in [-0.15, -0.1) is 0 Å². The summed E-state index contributed by atoms with van der Waals surface area (Å²) in [5.74, 6) is 0. The molecular formula is C10H8IN. The van der Waals surface area contributed by atoms with Crippen LogP contribution in [0, 0.1) is 10.6 Å². The highest BCUT2D eigenvalue weighted by molar-refractivity contribution is 14.1. The van der Waals surface area contributed by atoms with Crippen molar-refractivity contribution in [1.29, 1.82) is 0 Å². The average Bonchev–Trinajstić information content (AvgIpc) is 2.12. The van der Waals surface area contributed by atoms with Crippen molar-refractivity contribution in [3.05, 3.63) is 39.7 Å². The maximum absolute atomic E-state index is 4.29. The van der Waals surface area contributed by atoms with E-state index in [4.69, 9.17) is 0 Å². The van der Waals surface area contributed by atoms with E-state index < -0.39 is 0 Å². The number of fused-ring (bicyclic) bond motifs is 1. The lowest BCUT2D eigenvalue weighted by molar-refractivity contribution is 1.27. The predicted molar refractivity (Wildman–Crippen MR) is 59.2 cm³/mol. The topological polar surface area (TPSA) is 12.9 Å². The van der Waals surface area contributed by atoms with Gasteiger partial charge in [0.1, 0.15) is 3.70 Å². The number of rotatable bonds is 0. The number of hydrogen-bond acceptors (Lipinski definition) is 1. The molecule has 0 aliphatic carbocycles. The molecule has 0 aliphatic rings. The minimum Gasteiger partial charge on any atom is -0.249 e. The molecule has 0 spiro atoms. The molecular weight excluding hydrogens is 261 g/mol. The van der Waals surface area contributed by atoms with Gasteiger partial charge in [-0.05, 0) is 40.5 Å². The largest absolute Gasteiger partial charge is 0.249 e. The summed E-state index contributed by atoms with van der Waals surface area (Å²) >= 11 is 2.26. The SMILES string of the molecule is Cc1cnc(I)c2ccccc12. The maximum atomic E-state index is 4.29. The molecule has 2 aromatic rings. The summed E-state index contributed by atoms with van der Waals surface area (Å²) in [7, 11) is 0. The molecule has 0 saturated heterocycles. The summed E-state index contributed by atoms with van der Waals surface area (Å²) in [5, 5.41) is 2.55. The number of benzene rings is 1. The minimum absolute atomic E-state index is 1.08. The van der Waals surface area contributed by atoms with Crippen LogP contribution in [0.5, 0.6) is 0 Å². The molecule has 0 amide bonds. The van der Waals surface area contributed by atoms with E-state index in [1.165, 1.54) is 16.3 Å². The van der Waals surface area contributed by atoms with Gasteiger partial charge < -0.3 is 0 Å². The summed E-state index contributed by atoms with van der Waals surface area (Å²) in [5.41, 5.74) is 1.24. The Morgan fingerprint density at radius 1 is 1.17 bits per heavy atom. The zero-order valence-corrected chi connectivity index (χ0v) is 8.87. The van der Waals surface area contributed by atoms with Crippen LogP contribution >= 0.6 is 22.6 Å². The van der Waals surface area contributed by atoms with E-state index in [1.807, 2.05) is 12.3 Å². The van der Waals surface area contributed by atoms with Crippen LogP contribution in [0.15, 0.2) is 30.5 Å². The average molecular weight is 269 g/mol. The van der Waals surface area contributed by atoms with Gasteiger partial charge in [0.15, 0.2) is 0 Å². The highest BCUT2D eigenvalue weighted by Gasteiger charge is 1.99. The second-order valence-electron chi connectivity index (χ2n) is 2.78. The third-order valence-electron chi connectivity index (χ3n) is 1.95. The molecule has 0 atom stereocenters. The van der Waals surface area contributed by atoms with Crippen molar-refractivity contribution in [1.82, 2.24) is 4.98 Å². The zero-order valence-electron chi connectivity index (χ0n) is 6.71. The highest BCUT2D eigenvalue weighted by Crippen LogP contribution is 2.20. The number of pyridine rings is 1. The van der Waals surface area contributed by atoms with Gasteiger partial charge in [0.2, 0.25) is 0 Å². The molecule has 2 rings (SSSR count). The molecule has 0 N–H and O–H groups in total. The molecule has 0 saturated carbocycles. The summed E-state index contributed by atoms with van der Waals surface area (Å²) in [6, 6.07) is 8.35. The fourth-order valence-electron chi connectivity index (χ4n) is 1.30. The Morgan fingerprint density at radius 2 is 1.83 bits per heavy atom. The molecule has 1 aromatic carbocycles. The number of nitrogens with zero attached hydrogens (tertiary/aromatic N) is 1. The second-order valence-corrected chi connectivity index (χ2v) is 3.80. The summed E-state index contributed by atoms with van der Waals surface area (Å²) < 4.78 is 1.08. The van der Waals surface area contributed by atoms with Crippen LogP contribution < -0.4 is 0 Å². The monoisotopic (exact) mass is 269 g/mol. The van der Waals surface area contributed by atoms with Crippen molar-refractivity contribution in [2.75, 3.05) is 0 Å². The van der Waals surface area contributed by atoms with Crippen molar-refractivity contribution in [3.8, 4) is 0 Å². The predicted octanol–water partition coefficient (Wildman–Crippen LogP) is 3.15. The molecule has 0 bridgehead atoms. The highest BCUT2D eigenvalue weighted by atomic mass is 127. The molecule has 1 heterocycles. The van der Waals surface area contributed by atoms with Gasteiger partial charge in [-0.1, -0.05) is 24.3 Å². The van der Waals surface area contributed by atoms with Crippen LogP contribution in [0.4, 0.5) is 0 Å². The van der Waals surface area contributed by atoms with E-state index in [2.05, 4.69) is 52.7 Å². The Bertz CT molecular complexity index is 383. The van der Waals surface area contributed by atoms with E-state index >= 15 is 0 Å². The van der Waals surface area contributed by atoms with Gasteiger partial charge in [0.05, 0.1) is 0 Å². The first-order chi connectivity index (χ1) is 5.79. The molecule has 0 unspecified atom stereocenters. The number of halogens is 1. The van der Waals surface area contributed by atoms with Gasteiger partial charge >= 0.3 is 0 Å². The molecule has 0 radical (unpaired) electrons. The van der Waals surface area contributed by atoms with E-state index in [0.717, 1.165) is 3.70 Å². The van der Waals surface area contributed by atoms with Crippen LogP contribution in [-0.4, -0.2) is 4.98 Å². The van der Waals surface area contributed by atoms with Gasteiger partial charge in [-0.25, -0.2) is 4.98 Å². The summed E-state index contributed by atoms with van der Waals surface area (Å²) in [6.45, 7) is 2.09. The third kappa shape index (κ3) is 1.20. The Labute approximate surface area is 85.0 Å². The lowest BCUT2D eigenvalue weighted by Crippen LogP contribution is -1.85. The van der Waals surface area contributed by atoms with Gasteiger partial charge in [-0.3, -0.25) is 0 Å². The van der Waals surface area contributed by atoms with Crippen LogP contribution in [0.2, 0.25) is 0 Å². The van der Waals surface area contributed by atoms with E-state index in [1.54, 1.807) is 0 Å². The number of aryl methyl sites for hydroxylation is 1. The minimum atomic E-state index is 1.08. The fourth-order valence-corrected chi connectivity index (χ4v) is 1.91. The van der Waals surface area contributed by atoms with Crippen LogP contribution in [0.3, 0.4) is 0 Å². The number of aromatic nitrogens is 1. The maximum Gasteiger partial charge on any atom is 0.109 e. The lowest BCUT2D eigenvalue weighted by atomic mass is 10.1. The van der Waals surface area contributed by atoms with E-state index in [-0.39, 0.29) is 0 Å². The van der Waals surface area contributed by atoms with Gasteiger partial charge in [0, 0.05) is 11.6 Å². The fraction of sp³-hybridized carbons (Fsp3) is 0.100. The Morgan fingerprint density at radius 3 is 2.50 bits per heavy atom. The Kier molecular flexibility index (Phi) is 2.00. The van der Waals surface area contributed by atoms with Crippen molar-refractivity contribution in [3.63, 3.8) is 0 Å². The zero-order chi connectivity index (χ0) is 8.55. The third-order valence-corrected chi connectivity index (χ3v) is 2.81. The summed E-state index contributed by atoms with van der Waals surface area (Å²) in [4.78, 5) is 4.29. The van der Waals surface area contributed by atoms with Crippen molar-refractivity contribution < 1.29 is 0 Å². The molecule has 1 nitrogen and oxygen atoms in total. The van der Waals surface area contributed by atoms with E-state index in [9.17, 15) is 0 Å². The van der Waals surface area contributed by atoms with E-state index in [0.29, 0.717) is 0 Å². The standard InChI is InChI=1S/C10H8IN/c1-7-6-12-10(11)9-5-3-2-4-8(7)9/h2-6H,1H3. The molecule has 2 heteroatoms. The van der Waals surface area contributed by atoms with Crippen LogP contribution in [0.25, 0.3) is 10.8 Å². The molecule has 0 aliphatic heterocycles. The second kappa shape index (κ2) is 3.01. The van der Waals surface area contributed by atoms with Crippen molar-refractivity contribution in [2.45, 2.75) is 6.92 Å². The van der Waals surface area contributed by atoms with Crippen LogP contribution in [0.1, 0.15) is 5.56 Å². The molecule has 60 valence electrons. The lowest BCUT2D eigenvalue weighted by Gasteiger charge is -2.01. The molecule has 1 aromatic heterocycles.